The molecule has 124 valence electrons. The summed E-state index contributed by atoms with van der Waals surface area (Å²) < 4.78 is 0. The Labute approximate surface area is 143 Å². The van der Waals surface area contributed by atoms with Gasteiger partial charge in [-0.05, 0) is 54.3 Å². The molecule has 0 amide bonds. The summed E-state index contributed by atoms with van der Waals surface area (Å²) in [5.41, 5.74) is 2.18. The second-order valence-electron chi connectivity index (χ2n) is 6.15. The fourth-order valence-corrected chi connectivity index (χ4v) is 3.44. The molecule has 0 saturated carbocycles. The summed E-state index contributed by atoms with van der Waals surface area (Å²) in [6.07, 6.45) is 4.97. The molecule has 4 heteroatoms. The first-order valence-corrected chi connectivity index (χ1v) is 8.18. The first kappa shape index (κ1) is 17.8. The highest BCUT2D eigenvalue weighted by atomic mass is 35.5. The van der Waals surface area contributed by atoms with Gasteiger partial charge in [-0.1, -0.05) is 42.8 Å². The predicted molar refractivity (Wildman–Crippen MR) is 96.5 cm³/mol. The van der Waals surface area contributed by atoms with Crippen LogP contribution in [-0.4, -0.2) is 35.6 Å². The predicted octanol–water partition coefficient (Wildman–Crippen LogP) is 3.92. The first-order valence-electron chi connectivity index (χ1n) is 8.18. The molecule has 0 unspecified atom stereocenters. The van der Waals surface area contributed by atoms with E-state index in [1.54, 1.807) is 0 Å². The molecule has 0 aromatic heterocycles. The number of benzene rings is 2. The van der Waals surface area contributed by atoms with Crippen molar-refractivity contribution in [1.29, 1.82) is 0 Å². The Bertz CT molecular complexity index is 665. The number of carboxylic acids is 1. The molecule has 23 heavy (non-hydrogen) atoms. The van der Waals surface area contributed by atoms with E-state index >= 15 is 0 Å². The van der Waals surface area contributed by atoms with Crippen molar-refractivity contribution in [3.63, 3.8) is 0 Å². The van der Waals surface area contributed by atoms with Gasteiger partial charge in [0.25, 0.3) is 0 Å². The third kappa shape index (κ3) is 4.46. The van der Waals surface area contributed by atoms with Gasteiger partial charge < -0.3 is 10.0 Å². The number of nitrogens with zero attached hydrogens (tertiary/aromatic N) is 1. The molecule has 3 nitrogen and oxygen atoms in total. The minimum atomic E-state index is -0.754. The number of carbonyl (C=O) groups is 1. The fourth-order valence-electron chi connectivity index (χ4n) is 3.44. The molecule has 1 saturated heterocycles. The normalized spacial score (nSPS) is 15.3. The van der Waals surface area contributed by atoms with Crippen molar-refractivity contribution in [1.82, 2.24) is 4.90 Å². The first-order chi connectivity index (χ1) is 10.7. The van der Waals surface area contributed by atoms with Crippen LogP contribution in [0.15, 0.2) is 36.4 Å². The Morgan fingerprint density at radius 3 is 2.52 bits per heavy atom. The van der Waals surface area contributed by atoms with Crippen LogP contribution in [0.2, 0.25) is 0 Å². The van der Waals surface area contributed by atoms with Crippen LogP contribution in [0.5, 0.6) is 0 Å². The highest BCUT2D eigenvalue weighted by molar-refractivity contribution is 5.89. The van der Waals surface area contributed by atoms with Gasteiger partial charge in [0.05, 0.1) is 6.42 Å². The Hall–Kier alpha value is -1.58. The lowest BCUT2D eigenvalue weighted by atomic mass is 9.94. The smallest absolute Gasteiger partial charge is 0.307 e. The summed E-state index contributed by atoms with van der Waals surface area (Å²) in [5, 5.41) is 11.5. The lowest BCUT2D eigenvalue weighted by Crippen LogP contribution is -2.31. The molecule has 0 atom stereocenters. The van der Waals surface area contributed by atoms with E-state index in [4.69, 9.17) is 0 Å². The van der Waals surface area contributed by atoms with Gasteiger partial charge in [-0.2, -0.15) is 0 Å². The number of likely N-dealkylation sites (tertiary alicyclic amines) is 1. The summed E-state index contributed by atoms with van der Waals surface area (Å²) in [6.45, 7) is 3.40. The monoisotopic (exact) mass is 333 g/mol. The average molecular weight is 334 g/mol. The molecule has 0 aliphatic carbocycles. The van der Waals surface area contributed by atoms with Crippen LogP contribution in [0.4, 0.5) is 0 Å². The molecule has 2 aromatic carbocycles. The molecular formula is C19H24ClNO2. The fraction of sp³-hybridized carbons (Fsp3) is 0.421. The molecule has 1 aliphatic rings. The van der Waals surface area contributed by atoms with E-state index < -0.39 is 5.97 Å². The molecule has 1 N–H and O–H groups in total. The van der Waals surface area contributed by atoms with E-state index in [1.165, 1.54) is 37.9 Å². The Balaban J connectivity index is 0.00000192. The molecule has 2 aromatic rings. The maximum absolute atomic E-state index is 11.3. The van der Waals surface area contributed by atoms with Gasteiger partial charge in [0, 0.05) is 6.54 Å². The van der Waals surface area contributed by atoms with Crippen LogP contribution in [-0.2, 0) is 17.6 Å². The second-order valence-corrected chi connectivity index (χ2v) is 6.15. The van der Waals surface area contributed by atoms with E-state index in [-0.39, 0.29) is 18.8 Å². The van der Waals surface area contributed by atoms with Crippen LogP contribution in [0, 0.1) is 0 Å². The van der Waals surface area contributed by atoms with Crippen molar-refractivity contribution in [3.05, 3.63) is 47.5 Å². The third-order valence-electron chi connectivity index (χ3n) is 4.61. The number of rotatable bonds is 5. The van der Waals surface area contributed by atoms with Gasteiger partial charge in [-0.15, -0.1) is 12.4 Å². The molecule has 0 spiro atoms. The quantitative estimate of drug-likeness (QED) is 0.901. The van der Waals surface area contributed by atoms with Gasteiger partial charge in [-0.25, -0.2) is 0 Å². The van der Waals surface area contributed by atoms with E-state index in [0.29, 0.717) is 0 Å². The van der Waals surface area contributed by atoms with Crippen LogP contribution < -0.4 is 0 Å². The van der Waals surface area contributed by atoms with E-state index in [9.17, 15) is 9.90 Å². The Morgan fingerprint density at radius 2 is 1.78 bits per heavy atom. The van der Waals surface area contributed by atoms with Crippen LogP contribution in [0.1, 0.15) is 30.4 Å². The van der Waals surface area contributed by atoms with Crippen molar-refractivity contribution in [3.8, 4) is 0 Å². The zero-order chi connectivity index (χ0) is 15.4. The van der Waals surface area contributed by atoms with Crippen molar-refractivity contribution >= 4 is 29.1 Å². The topological polar surface area (TPSA) is 40.5 Å². The Morgan fingerprint density at radius 1 is 1.04 bits per heavy atom. The summed E-state index contributed by atoms with van der Waals surface area (Å²) >= 11 is 0. The number of fused-ring (bicyclic) bond motifs is 1. The lowest BCUT2D eigenvalue weighted by molar-refractivity contribution is -0.136. The Kier molecular flexibility index (Phi) is 6.43. The number of halogens is 1. The van der Waals surface area contributed by atoms with E-state index in [2.05, 4.69) is 23.1 Å². The van der Waals surface area contributed by atoms with E-state index in [0.717, 1.165) is 29.3 Å². The lowest BCUT2D eigenvalue weighted by Gasteiger charge is -2.26. The average Bonchev–Trinajstić information content (AvgIpc) is 2.54. The van der Waals surface area contributed by atoms with Crippen LogP contribution in [0.25, 0.3) is 10.8 Å². The van der Waals surface area contributed by atoms with Gasteiger partial charge in [0.2, 0.25) is 0 Å². The van der Waals surface area contributed by atoms with Gasteiger partial charge in [0.15, 0.2) is 0 Å². The molecule has 0 radical (unpaired) electrons. The molecule has 1 fully saturated rings. The highest BCUT2D eigenvalue weighted by Crippen LogP contribution is 2.24. The second kappa shape index (κ2) is 8.32. The SMILES string of the molecule is Cl.O=C(O)Cc1c(CCN2CCCCC2)ccc2ccccc12. The molecular weight excluding hydrogens is 310 g/mol. The summed E-state index contributed by atoms with van der Waals surface area (Å²) in [4.78, 5) is 13.8. The number of hydrogen-bond donors (Lipinski definition) is 1. The number of carboxylic acid groups (broad SMARTS) is 1. The van der Waals surface area contributed by atoms with Gasteiger partial charge in [-0.3, -0.25) is 4.79 Å². The summed E-state index contributed by atoms with van der Waals surface area (Å²) in [6, 6.07) is 12.3. The van der Waals surface area contributed by atoms with Crippen molar-refractivity contribution < 1.29 is 9.90 Å². The number of piperidine rings is 1. The van der Waals surface area contributed by atoms with E-state index in [1.807, 2.05) is 18.2 Å². The molecule has 0 bridgehead atoms. The van der Waals surface area contributed by atoms with Crippen molar-refractivity contribution in [2.75, 3.05) is 19.6 Å². The van der Waals surface area contributed by atoms with Crippen molar-refractivity contribution in [2.24, 2.45) is 0 Å². The number of aliphatic carboxylic acids is 1. The van der Waals surface area contributed by atoms with Gasteiger partial charge >= 0.3 is 5.97 Å². The highest BCUT2D eigenvalue weighted by Gasteiger charge is 2.14. The number of hydrogen-bond acceptors (Lipinski definition) is 2. The summed E-state index contributed by atoms with van der Waals surface area (Å²) in [5.74, 6) is -0.754. The minimum Gasteiger partial charge on any atom is -0.481 e. The zero-order valence-corrected chi connectivity index (χ0v) is 14.1. The minimum absolute atomic E-state index is 0. The van der Waals surface area contributed by atoms with Crippen LogP contribution in [0.3, 0.4) is 0 Å². The van der Waals surface area contributed by atoms with Crippen LogP contribution >= 0.6 is 12.4 Å². The maximum Gasteiger partial charge on any atom is 0.307 e. The molecule has 1 aliphatic heterocycles. The summed E-state index contributed by atoms with van der Waals surface area (Å²) in [7, 11) is 0. The molecule has 1 heterocycles. The zero-order valence-electron chi connectivity index (χ0n) is 13.3. The standard InChI is InChI=1S/C19H23NO2.ClH/c21-19(22)14-18-16(10-13-20-11-4-1-5-12-20)9-8-15-6-2-3-7-17(15)18;/h2-3,6-9H,1,4-5,10-14H2,(H,21,22);1H. The third-order valence-corrected chi connectivity index (χ3v) is 4.61. The van der Waals surface area contributed by atoms with Gasteiger partial charge in [0.1, 0.15) is 0 Å². The largest absolute Gasteiger partial charge is 0.481 e. The van der Waals surface area contributed by atoms with Crippen molar-refractivity contribution in [2.45, 2.75) is 32.1 Å². The molecule has 3 rings (SSSR count). The maximum atomic E-state index is 11.3.